The molecule has 0 bridgehead atoms. The Hall–Kier alpha value is -2.43. The van der Waals surface area contributed by atoms with Crippen LogP contribution in [0.5, 0.6) is 0 Å². The Bertz CT molecular complexity index is 954. The van der Waals surface area contributed by atoms with Gasteiger partial charge in [0, 0.05) is 17.1 Å². The maximum Gasteiger partial charge on any atom is 0.399 e. The first kappa shape index (κ1) is 18.4. The first-order valence-electron chi connectivity index (χ1n) is 8.66. The van der Waals surface area contributed by atoms with Crippen LogP contribution in [0.4, 0.5) is 13.2 Å². The first-order valence-corrected chi connectivity index (χ1v) is 8.66. The second-order valence-corrected chi connectivity index (χ2v) is 7.13. The molecule has 0 saturated heterocycles. The SMILES string of the molecule is Cc1ccc(C)c(-c2ccc(=C(N)C3(C(F)(F)F)CCC3)/c(=C\N)c2)c1. The summed E-state index contributed by atoms with van der Waals surface area (Å²) in [6.45, 7) is 4.00. The van der Waals surface area contributed by atoms with E-state index in [4.69, 9.17) is 11.5 Å². The van der Waals surface area contributed by atoms with Crippen molar-refractivity contribution in [2.24, 2.45) is 16.9 Å². The largest absolute Gasteiger partial charge is 0.404 e. The van der Waals surface area contributed by atoms with Crippen LogP contribution in [0.25, 0.3) is 23.0 Å². The van der Waals surface area contributed by atoms with Crippen molar-refractivity contribution in [3.05, 3.63) is 58.0 Å². The first-order chi connectivity index (χ1) is 12.2. The van der Waals surface area contributed by atoms with Crippen molar-refractivity contribution < 1.29 is 13.2 Å². The zero-order chi connectivity index (χ0) is 19.1. The standard InChI is InChI=1S/C21H23F3N2/c1-13-4-5-14(2)18(10-13)15-6-7-17(16(11-15)12-25)19(26)20(8-3-9-20)21(22,23)24/h4-7,10-12H,3,8-9,25-26H2,1-2H3/b16-12-,19-17?. The molecule has 1 saturated carbocycles. The van der Waals surface area contributed by atoms with Gasteiger partial charge in [-0.15, -0.1) is 0 Å². The van der Waals surface area contributed by atoms with Crippen molar-refractivity contribution in [3.8, 4) is 11.1 Å². The van der Waals surface area contributed by atoms with E-state index in [1.54, 1.807) is 6.07 Å². The number of benzene rings is 2. The number of alkyl halides is 3. The van der Waals surface area contributed by atoms with Gasteiger partial charge in [0.15, 0.2) is 0 Å². The predicted molar refractivity (Wildman–Crippen MR) is 99.2 cm³/mol. The molecule has 2 aromatic rings. The van der Waals surface area contributed by atoms with E-state index in [0.29, 0.717) is 16.9 Å². The van der Waals surface area contributed by atoms with Gasteiger partial charge in [-0.2, -0.15) is 13.2 Å². The molecule has 0 spiro atoms. The smallest absolute Gasteiger partial charge is 0.399 e. The van der Waals surface area contributed by atoms with Gasteiger partial charge in [0.25, 0.3) is 0 Å². The third-order valence-electron chi connectivity index (χ3n) is 5.49. The van der Waals surface area contributed by atoms with E-state index in [1.165, 1.54) is 6.20 Å². The Labute approximate surface area is 151 Å². The Balaban J connectivity index is 2.22. The number of nitrogens with two attached hydrogens (primary N) is 2. The topological polar surface area (TPSA) is 52.0 Å². The molecule has 0 heterocycles. The molecule has 0 atom stereocenters. The number of aryl methyl sites for hydroxylation is 2. The van der Waals surface area contributed by atoms with Crippen molar-refractivity contribution in [1.29, 1.82) is 0 Å². The lowest BCUT2D eigenvalue weighted by Gasteiger charge is -2.43. The highest BCUT2D eigenvalue weighted by Crippen LogP contribution is 2.56. The fourth-order valence-corrected chi connectivity index (χ4v) is 3.65. The van der Waals surface area contributed by atoms with Gasteiger partial charge >= 0.3 is 6.18 Å². The Kier molecular flexibility index (Phi) is 4.51. The Morgan fingerprint density at radius 1 is 1.08 bits per heavy atom. The summed E-state index contributed by atoms with van der Waals surface area (Å²) in [6, 6.07) is 11.4. The van der Waals surface area contributed by atoms with Crippen LogP contribution in [0.3, 0.4) is 0 Å². The lowest BCUT2D eigenvalue weighted by Crippen LogP contribution is -2.51. The summed E-state index contributed by atoms with van der Waals surface area (Å²) in [6.07, 6.45) is -2.43. The van der Waals surface area contributed by atoms with Gasteiger partial charge in [-0.1, -0.05) is 42.3 Å². The minimum Gasteiger partial charge on any atom is -0.404 e. The number of hydrogen-bond donors (Lipinski definition) is 2. The van der Waals surface area contributed by atoms with E-state index in [9.17, 15) is 13.2 Å². The van der Waals surface area contributed by atoms with E-state index in [1.807, 2.05) is 38.1 Å². The summed E-state index contributed by atoms with van der Waals surface area (Å²) in [5.41, 5.74) is 13.9. The van der Waals surface area contributed by atoms with Crippen LogP contribution in [0.15, 0.2) is 36.4 Å². The molecular formula is C21H23F3N2. The molecule has 138 valence electrons. The van der Waals surface area contributed by atoms with Gasteiger partial charge in [-0.3, -0.25) is 0 Å². The molecule has 0 aliphatic heterocycles. The van der Waals surface area contributed by atoms with Crippen LogP contribution in [0, 0.1) is 19.3 Å². The summed E-state index contributed by atoms with van der Waals surface area (Å²) in [7, 11) is 0. The molecule has 1 fully saturated rings. The molecule has 1 aliphatic rings. The quantitative estimate of drug-likeness (QED) is 0.862. The average molecular weight is 360 g/mol. The van der Waals surface area contributed by atoms with Crippen LogP contribution < -0.4 is 21.9 Å². The number of rotatable bonds is 2. The van der Waals surface area contributed by atoms with Crippen LogP contribution in [0.1, 0.15) is 30.4 Å². The van der Waals surface area contributed by atoms with Gasteiger partial charge in [-0.05, 0) is 54.7 Å². The zero-order valence-corrected chi connectivity index (χ0v) is 15.0. The van der Waals surface area contributed by atoms with E-state index in [0.717, 1.165) is 22.3 Å². The molecule has 0 aromatic heterocycles. The molecule has 0 amide bonds. The molecule has 0 radical (unpaired) electrons. The second-order valence-electron chi connectivity index (χ2n) is 7.13. The maximum atomic E-state index is 13.6. The molecule has 26 heavy (non-hydrogen) atoms. The zero-order valence-electron chi connectivity index (χ0n) is 15.0. The minimum absolute atomic E-state index is 0.0328. The van der Waals surface area contributed by atoms with Gasteiger partial charge in [0.05, 0.1) is 0 Å². The van der Waals surface area contributed by atoms with Gasteiger partial charge < -0.3 is 11.5 Å². The molecule has 1 aliphatic carbocycles. The van der Waals surface area contributed by atoms with E-state index < -0.39 is 11.6 Å². The molecule has 5 heteroatoms. The van der Waals surface area contributed by atoms with Crippen LogP contribution in [0.2, 0.25) is 0 Å². The monoisotopic (exact) mass is 360 g/mol. The van der Waals surface area contributed by atoms with Crippen LogP contribution >= 0.6 is 0 Å². The second kappa shape index (κ2) is 6.38. The Morgan fingerprint density at radius 2 is 1.77 bits per heavy atom. The lowest BCUT2D eigenvalue weighted by molar-refractivity contribution is -0.225. The fourth-order valence-electron chi connectivity index (χ4n) is 3.65. The summed E-state index contributed by atoms with van der Waals surface area (Å²) >= 11 is 0. The van der Waals surface area contributed by atoms with E-state index in [2.05, 4.69) is 6.07 Å². The van der Waals surface area contributed by atoms with Crippen molar-refractivity contribution in [2.75, 3.05) is 0 Å². The third-order valence-corrected chi connectivity index (χ3v) is 5.49. The summed E-state index contributed by atoms with van der Waals surface area (Å²) in [5, 5.41) is 0.898. The maximum absolute atomic E-state index is 13.6. The fraction of sp³-hybridized carbons (Fsp3) is 0.333. The summed E-state index contributed by atoms with van der Waals surface area (Å²) < 4.78 is 40.9. The molecule has 0 unspecified atom stereocenters. The van der Waals surface area contributed by atoms with Crippen LogP contribution in [-0.2, 0) is 0 Å². The van der Waals surface area contributed by atoms with Crippen LogP contribution in [-0.4, -0.2) is 6.18 Å². The average Bonchev–Trinajstić information content (AvgIpc) is 2.54. The van der Waals surface area contributed by atoms with Gasteiger partial charge in [-0.25, -0.2) is 0 Å². The molecule has 4 N–H and O–H groups in total. The Morgan fingerprint density at radius 3 is 2.31 bits per heavy atom. The molecule has 2 nitrogen and oxygen atoms in total. The highest BCUT2D eigenvalue weighted by molar-refractivity contribution is 5.69. The molecule has 3 rings (SSSR count). The van der Waals surface area contributed by atoms with Crippen molar-refractivity contribution in [3.63, 3.8) is 0 Å². The van der Waals surface area contributed by atoms with Crippen molar-refractivity contribution in [1.82, 2.24) is 0 Å². The third kappa shape index (κ3) is 2.85. The molecular weight excluding hydrogens is 337 g/mol. The van der Waals surface area contributed by atoms with Crippen molar-refractivity contribution in [2.45, 2.75) is 39.3 Å². The minimum atomic E-state index is -4.35. The summed E-state index contributed by atoms with van der Waals surface area (Å²) in [5.74, 6) is 0. The number of halogens is 3. The lowest BCUT2D eigenvalue weighted by atomic mass is 9.65. The number of hydrogen-bond acceptors (Lipinski definition) is 2. The summed E-state index contributed by atoms with van der Waals surface area (Å²) in [4.78, 5) is 0. The predicted octanol–water partition coefficient (Wildman–Crippen LogP) is 3.47. The van der Waals surface area contributed by atoms with E-state index >= 15 is 0 Å². The van der Waals surface area contributed by atoms with Gasteiger partial charge in [0.1, 0.15) is 5.41 Å². The van der Waals surface area contributed by atoms with E-state index in [-0.39, 0.29) is 18.5 Å². The highest BCUT2D eigenvalue weighted by Gasteiger charge is 2.60. The van der Waals surface area contributed by atoms with Gasteiger partial charge in [0.2, 0.25) is 0 Å². The highest BCUT2D eigenvalue weighted by atomic mass is 19.4. The normalized spacial score (nSPS) is 18.4. The molecule has 2 aromatic carbocycles. The van der Waals surface area contributed by atoms with Crippen molar-refractivity contribution >= 4 is 11.9 Å².